The van der Waals surface area contributed by atoms with Crippen LogP contribution < -0.4 is 15.0 Å². The minimum absolute atomic E-state index is 0.00800. The fourth-order valence-electron chi connectivity index (χ4n) is 3.83. The number of carbonyl (C=O) groups excluding carboxylic acids is 1. The SMILES string of the molecule is COCCOc1ccc2c(c1)CCN(S(=O)(=O)c1ccc(Oc3ccc(F)cc3)cc1)C2OC(=O)NO. The van der Waals surface area contributed by atoms with E-state index in [1.165, 1.54) is 54.0 Å². The molecule has 0 spiro atoms. The van der Waals surface area contributed by atoms with Crippen LogP contribution in [0.1, 0.15) is 17.4 Å². The van der Waals surface area contributed by atoms with E-state index in [9.17, 15) is 17.6 Å². The van der Waals surface area contributed by atoms with Crippen molar-refractivity contribution < 1.29 is 41.8 Å². The first-order valence-electron chi connectivity index (χ1n) is 11.2. The highest BCUT2D eigenvalue weighted by atomic mass is 32.2. The summed E-state index contributed by atoms with van der Waals surface area (Å²) >= 11 is 0. The maximum Gasteiger partial charge on any atom is 0.432 e. The van der Waals surface area contributed by atoms with Crippen molar-refractivity contribution >= 4 is 16.1 Å². The van der Waals surface area contributed by atoms with E-state index in [2.05, 4.69) is 0 Å². The van der Waals surface area contributed by atoms with Gasteiger partial charge < -0.3 is 18.9 Å². The van der Waals surface area contributed by atoms with Crippen molar-refractivity contribution in [3.8, 4) is 17.2 Å². The molecule has 3 aromatic rings. The second-order valence-corrected chi connectivity index (χ2v) is 9.86. The zero-order valence-corrected chi connectivity index (χ0v) is 20.6. The lowest BCUT2D eigenvalue weighted by atomic mass is 9.99. The summed E-state index contributed by atoms with van der Waals surface area (Å²) in [6.07, 6.45) is -2.20. The summed E-state index contributed by atoms with van der Waals surface area (Å²) in [6.45, 7) is 0.747. The van der Waals surface area contributed by atoms with Crippen LogP contribution in [0.5, 0.6) is 17.2 Å². The Balaban J connectivity index is 1.58. The Bertz CT molecular complexity index is 1330. The average Bonchev–Trinajstić information content (AvgIpc) is 2.90. The summed E-state index contributed by atoms with van der Waals surface area (Å²) in [6, 6.07) is 16.1. The van der Waals surface area contributed by atoms with Crippen LogP contribution in [0.25, 0.3) is 0 Å². The van der Waals surface area contributed by atoms with Gasteiger partial charge in [0.25, 0.3) is 0 Å². The van der Waals surface area contributed by atoms with Gasteiger partial charge in [0.2, 0.25) is 10.0 Å². The lowest BCUT2D eigenvalue weighted by Crippen LogP contribution is -2.43. The summed E-state index contributed by atoms with van der Waals surface area (Å²) < 4.78 is 62.8. The molecule has 196 valence electrons. The van der Waals surface area contributed by atoms with Crippen molar-refractivity contribution in [1.29, 1.82) is 0 Å². The van der Waals surface area contributed by atoms with Crippen molar-refractivity contribution in [2.24, 2.45) is 0 Å². The number of rotatable bonds is 9. The number of hydrogen-bond donors (Lipinski definition) is 2. The normalized spacial score (nSPS) is 15.5. The highest BCUT2D eigenvalue weighted by Gasteiger charge is 2.39. The summed E-state index contributed by atoms with van der Waals surface area (Å²) in [7, 11) is -2.58. The number of sulfonamides is 1. The van der Waals surface area contributed by atoms with Gasteiger partial charge in [-0.25, -0.2) is 23.1 Å². The van der Waals surface area contributed by atoms with E-state index < -0.39 is 28.2 Å². The van der Waals surface area contributed by atoms with Crippen LogP contribution in [0.3, 0.4) is 0 Å². The Hall–Kier alpha value is -3.71. The van der Waals surface area contributed by atoms with Crippen molar-refractivity contribution in [1.82, 2.24) is 9.79 Å². The molecule has 1 amide bonds. The van der Waals surface area contributed by atoms with Crippen LogP contribution in [-0.2, 0) is 25.9 Å². The molecule has 12 heteroatoms. The number of carbonyl (C=O) groups is 1. The number of hydrogen-bond acceptors (Lipinski definition) is 8. The Morgan fingerprint density at radius 1 is 1.03 bits per heavy atom. The maximum atomic E-state index is 13.6. The van der Waals surface area contributed by atoms with Gasteiger partial charge in [-0.05, 0) is 78.7 Å². The van der Waals surface area contributed by atoms with E-state index in [1.807, 2.05) is 0 Å². The molecular formula is C25H25FN2O8S. The van der Waals surface area contributed by atoms with Gasteiger partial charge in [0.1, 0.15) is 29.7 Å². The van der Waals surface area contributed by atoms with Crippen LogP contribution in [0, 0.1) is 5.82 Å². The van der Waals surface area contributed by atoms with Gasteiger partial charge in [0, 0.05) is 19.2 Å². The van der Waals surface area contributed by atoms with Crippen LogP contribution in [0.15, 0.2) is 71.6 Å². The third-order valence-electron chi connectivity index (χ3n) is 5.59. The number of nitrogens with one attached hydrogen (secondary N) is 1. The number of fused-ring (bicyclic) bond motifs is 1. The van der Waals surface area contributed by atoms with Gasteiger partial charge in [-0.2, -0.15) is 4.31 Å². The predicted octanol–water partition coefficient (Wildman–Crippen LogP) is 4.00. The fourth-order valence-corrected chi connectivity index (χ4v) is 5.32. The largest absolute Gasteiger partial charge is 0.491 e. The summed E-state index contributed by atoms with van der Waals surface area (Å²) in [5, 5.41) is 8.99. The van der Waals surface area contributed by atoms with E-state index >= 15 is 0 Å². The second-order valence-electron chi connectivity index (χ2n) is 7.96. The molecule has 0 fully saturated rings. The molecular weight excluding hydrogens is 507 g/mol. The van der Waals surface area contributed by atoms with Crippen molar-refractivity contribution in [2.45, 2.75) is 17.5 Å². The molecule has 0 radical (unpaired) electrons. The molecule has 10 nitrogen and oxygen atoms in total. The van der Waals surface area contributed by atoms with Crippen molar-refractivity contribution in [3.05, 3.63) is 83.7 Å². The summed E-state index contributed by atoms with van der Waals surface area (Å²) in [4.78, 5) is 11.8. The maximum absolute atomic E-state index is 13.6. The number of methoxy groups -OCH3 is 1. The molecule has 3 aromatic carbocycles. The molecule has 1 heterocycles. The predicted molar refractivity (Wildman–Crippen MR) is 128 cm³/mol. The number of hydroxylamine groups is 1. The van der Waals surface area contributed by atoms with Gasteiger partial charge in [0.15, 0.2) is 6.23 Å². The molecule has 0 aromatic heterocycles. The van der Waals surface area contributed by atoms with Gasteiger partial charge in [0.05, 0.1) is 11.5 Å². The lowest BCUT2D eigenvalue weighted by molar-refractivity contribution is 0.00230. The zero-order valence-electron chi connectivity index (χ0n) is 19.8. The molecule has 37 heavy (non-hydrogen) atoms. The zero-order chi connectivity index (χ0) is 26.4. The lowest BCUT2D eigenvalue weighted by Gasteiger charge is -2.35. The molecule has 2 N–H and O–H groups in total. The topological polar surface area (TPSA) is 124 Å². The van der Waals surface area contributed by atoms with E-state index in [0.29, 0.717) is 42.4 Å². The minimum atomic E-state index is -4.14. The Labute approximate surface area is 213 Å². The van der Waals surface area contributed by atoms with E-state index in [-0.39, 0.29) is 11.4 Å². The number of benzene rings is 3. The highest BCUT2D eigenvalue weighted by molar-refractivity contribution is 7.89. The third-order valence-corrected chi connectivity index (χ3v) is 7.45. The van der Waals surface area contributed by atoms with Crippen LogP contribution >= 0.6 is 0 Å². The monoisotopic (exact) mass is 532 g/mol. The first-order valence-corrected chi connectivity index (χ1v) is 12.7. The van der Waals surface area contributed by atoms with E-state index in [4.69, 9.17) is 24.2 Å². The molecule has 0 saturated carbocycles. The van der Waals surface area contributed by atoms with Gasteiger partial charge in [-0.1, -0.05) is 0 Å². The van der Waals surface area contributed by atoms with Crippen molar-refractivity contribution in [3.63, 3.8) is 0 Å². The number of nitrogens with zero attached hydrogens (tertiary/aromatic N) is 1. The Kier molecular flexibility index (Phi) is 8.24. The van der Waals surface area contributed by atoms with Crippen LogP contribution in [0.2, 0.25) is 0 Å². The Morgan fingerprint density at radius 3 is 2.32 bits per heavy atom. The molecule has 0 bridgehead atoms. The quantitative estimate of drug-likeness (QED) is 0.241. The molecule has 0 saturated heterocycles. The van der Waals surface area contributed by atoms with Crippen LogP contribution in [-0.4, -0.2) is 50.9 Å². The van der Waals surface area contributed by atoms with E-state index in [0.717, 1.165) is 9.87 Å². The molecule has 1 atom stereocenters. The second kappa shape index (κ2) is 11.6. The summed E-state index contributed by atoms with van der Waals surface area (Å²) in [5.41, 5.74) is 2.55. The number of halogens is 1. The van der Waals surface area contributed by atoms with E-state index in [1.54, 1.807) is 25.3 Å². The van der Waals surface area contributed by atoms with Gasteiger partial charge in [-0.3, -0.25) is 5.21 Å². The summed E-state index contributed by atoms with van der Waals surface area (Å²) in [5.74, 6) is 0.898. The van der Waals surface area contributed by atoms with Gasteiger partial charge >= 0.3 is 6.09 Å². The molecule has 1 aliphatic rings. The third kappa shape index (κ3) is 6.17. The van der Waals surface area contributed by atoms with Crippen molar-refractivity contribution in [2.75, 3.05) is 26.9 Å². The standard InChI is InChI=1S/C25H25FN2O8S/c1-33-14-15-34-21-8-11-23-17(16-21)12-13-28(24(23)36-25(29)27-30)37(31,32)22-9-6-20(7-10-22)35-19-4-2-18(26)3-5-19/h2-11,16,24,30H,12-15H2,1H3,(H,27,29). The fraction of sp³-hybridized carbons (Fsp3) is 0.240. The highest BCUT2D eigenvalue weighted by Crippen LogP contribution is 2.37. The molecule has 1 unspecified atom stereocenters. The minimum Gasteiger partial charge on any atom is -0.491 e. The Morgan fingerprint density at radius 2 is 1.68 bits per heavy atom. The van der Waals surface area contributed by atoms with Gasteiger partial charge in [-0.15, -0.1) is 0 Å². The molecule has 0 aliphatic carbocycles. The number of amides is 1. The smallest absolute Gasteiger partial charge is 0.432 e. The average molecular weight is 533 g/mol. The van der Waals surface area contributed by atoms with Crippen LogP contribution in [0.4, 0.5) is 9.18 Å². The number of ether oxygens (including phenoxy) is 4. The first-order chi connectivity index (χ1) is 17.8. The molecule has 4 rings (SSSR count). The molecule has 1 aliphatic heterocycles. The first kappa shape index (κ1) is 26.4.